The van der Waals surface area contributed by atoms with Gasteiger partial charge in [-0.1, -0.05) is 6.92 Å². The summed E-state index contributed by atoms with van der Waals surface area (Å²) in [4.78, 5) is 0. The molecule has 1 fully saturated rings. The summed E-state index contributed by atoms with van der Waals surface area (Å²) in [5.41, 5.74) is 3.32. The second-order valence-electron chi connectivity index (χ2n) is 6.26. The third-order valence-corrected chi connectivity index (χ3v) is 4.87. The largest absolute Gasteiger partial charge is 0.495 e. The number of benzene rings is 1. The summed E-state index contributed by atoms with van der Waals surface area (Å²) in [6.07, 6.45) is 5.11. The van der Waals surface area contributed by atoms with Gasteiger partial charge in [0.1, 0.15) is 5.75 Å². The van der Waals surface area contributed by atoms with Gasteiger partial charge in [-0.05, 0) is 44.6 Å². The molecule has 1 aliphatic rings. The Kier molecular flexibility index (Phi) is 3.79. The van der Waals surface area contributed by atoms with Crippen LogP contribution in [0.3, 0.4) is 0 Å². The van der Waals surface area contributed by atoms with E-state index in [1.807, 2.05) is 13.1 Å². The third kappa shape index (κ3) is 2.47. The molecule has 3 rings (SSSR count). The number of ether oxygens (including phenoxy) is 1. The van der Waals surface area contributed by atoms with Crippen LogP contribution in [0.5, 0.6) is 5.75 Å². The maximum Gasteiger partial charge on any atom is 0.144 e. The molecular weight excluding hydrogens is 262 g/mol. The number of hydrogen-bond donors (Lipinski definition) is 1. The van der Waals surface area contributed by atoms with Crippen molar-refractivity contribution in [3.05, 3.63) is 17.8 Å². The zero-order valence-corrected chi connectivity index (χ0v) is 13.4. The quantitative estimate of drug-likeness (QED) is 0.922. The van der Waals surface area contributed by atoms with Gasteiger partial charge in [-0.2, -0.15) is 5.10 Å². The van der Waals surface area contributed by atoms with Gasteiger partial charge in [0.05, 0.1) is 24.4 Å². The van der Waals surface area contributed by atoms with Crippen LogP contribution < -0.4 is 10.1 Å². The van der Waals surface area contributed by atoms with E-state index < -0.39 is 0 Å². The molecule has 1 aromatic heterocycles. The molecular formula is C17H25N3O. The van der Waals surface area contributed by atoms with Gasteiger partial charge < -0.3 is 10.1 Å². The van der Waals surface area contributed by atoms with Crippen LogP contribution in [0.25, 0.3) is 10.9 Å². The standard InChI is InChI=1S/C17H25N3O/c1-11-5-7-13(8-6-11)20-12(2)14-9-16(18-3)17(21-4)10-15(14)19-20/h9-11,13,18H,5-8H2,1-4H3. The van der Waals surface area contributed by atoms with E-state index in [9.17, 15) is 0 Å². The van der Waals surface area contributed by atoms with Crippen molar-refractivity contribution in [2.45, 2.75) is 45.6 Å². The molecule has 1 saturated carbocycles. The first kappa shape index (κ1) is 14.2. The van der Waals surface area contributed by atoms with Crippen LogP contribution >= 0.6 is 0 Å². The summed E-state index contributed by atoms with van der Waals surface area (Å²) in [5.74, 6) is 1.72. The molecule has 1 aromatic carbocycles. The number of methoxy groups -OCH3 is 1. The highest BCUT2D eigenvalue weighted by Crippen LogP contribution is 2.36. The third-order valence-electron chi connectivity index (χ3n) is 4.87. The van der Waals surface area contributed by atoms with Crippen LogP contribution in [0.4, 0.5) is 5.69 Å². The van der Waals surface area contributed by atoms with Gasteiger partial charge in [-0.15, -0.1) is 0 Å². The van der Waals surface area contributed by atoms with Crippen molar-refractivity contribution in [3.8, 4) is 5.75 Å². The number of nitrogens with one attached hydrogen (secondary N) is 1. The van der Waals surface area contributed by atoms with Crippen molar-refractivity contribution in [2.24, 2.45) is 5.92 Å². The Hall–Kier alpha value is -1.71. The number of aromatic nitrogens is 2. The summed E-state index contributed by atoms with van der Waals surface area (Å²) in [6, 6.07) is 4.74. The molecule has 0 aliphatic heterocycles. The lowest BCUT2D eigenvalue weighted by Gasteiger charge is -2.27. The monoisotopic (exact) mass is 287 g/mol. The minimum Gasteiger partial charge on any atom is -0.495 e. The normalized spacial score (nSPS) is 22.5. The van der Waals surface area contributed by atoms with Crippen LogP contribution in [0.15, 0.2) is 12.1 Å². The van der Waals surface area contributed by atoms with E-state index in [1.165, 1.54) is 36.8 Å². The Morgan fingerprint density at radius 3 is 2.57 bits per heavy atom. The van der Waals surface area contributed by atoms with Gasteiger partial charge in [0, 0.05) is 24.2 Å². The second-order valence-corrected chi connectivity index (χ2v) is 6.26. The first-order valence-electron chi connectivity index (χ1n) is 7.88. The lowest BCUT2D eigenvalue weighted by molar-refractivity contribution is 0.272. The van der Waals surface area contributed by atoms with Gasteiger partial charge in [0.15, 0.2) is 0 Å². The van der Waals surface area contributed by atoms with Gasteiger partial charge >= 0.3 is 0 Å². The Labute approximate surface area is 126 Å². The van der Waals surface area contributed by atoms with Crippen LogP contribution in [-0.4, -0.2) is 23.9 Å². The predicted molar refractivity (Wildman–Crippen MR) is 87.2 cm³/mol. The van der Waals surface area contributed by atoms with Crippen molar-refractivity contribution in [3.63, 3.8) is 0 Å². The molecule has 1 heterocycles. The molecule has 4 heteroatoms. The average Bonchev–Trinajstić information content (AvgIpc) is 2.83. The van der Waals surface area contributed by atoms with Crippen molar-refractivity contribution in [1.82, 2.24) is 9.78 Å². The average molecular weight is 287 g/mol. The Bertz CT molecular complexity index is 639. The van der Waals surface area contributed by atoms with E-state index >= 15 is 0 Å². The van der Waals surface area contributed by atoms with Crippen LogP contribution in [-0.2, 0) is 0 Å². The minimum absolute atomic E-state index is 0.553. The fourth-order valence-corrected chi connectivity index (χ4v) is 3.46. The van der Waals surface area contributed by atoms with Gasteiger partial charge in [-0.25, -0.2) is 0 Å². The lowest BCUT2D eigenvalue weighted by Crippen LogP contribution is -2.18. The molecule has 2 aromatic rings. The van der Waals surface area contributed by atoms with Crippen molar-refractivity contribution >= 4 is 16.6 Å². The van der Waals surface area contributed by atoms with E-state index in [2.05, 4.69) is 29.9 Å². The molecule has 0 atom stereocenters. The highest BCUT2D eigenvalue weighted by Gasteiger charge is 2.23. The number of rotatable bonds is 3. The number of aryl methyl sites for hydroxylation is 1. The molecule has 0 unspecified atom stereocenters. The number of hydrogen-bond acceptors (Lipinski definition) is 3. The Morgan fingerprint density at radius 2 is 1.95 bits per heavy atom. The van der Waals surface area contributed by atoms with Gasteiger partial charge in [0.25, 0.3) is 0 Å². The van der Waals surface area contributed by atoms with Crippen LogP contribution in [0.1, 0.15) is 44.3 Å². The van der Waals surface area contributed by atoms with E-state index in [-0.39, 0.29) is 0 Å². The fraction of sp³-hybridized carbons (Fsp3) is 0.588. The summed E-state index contributed by atoms with van der Waals surface area (Å²) in [6.45, 7) is 4.53. The molecule has 4 nitrogen and oxygen atoms in total. The molecule has 0 radical (unpaired) electrons. The first-order chi connectivity index (χ1) is 10.1. The van der Waals surface area contributed by atoms with Crippen LogP contribution in [0.2, 0.25) is 0 Å². The van der Waals surface area contributed by atoms with E-state index in [4.69, 9.17) is 9.84 Å². The predicted octanol–water partition coefficient (Wildman–Crippen LogP) is 4.15. The number of nitrogens with zero attached hydrogens (tertiary/aromatic N) is 2. The zero-order chi connectivity index (χ0) is 15.0. The maximum absolute atomic E-state index is 5.44. The SMILES string of the molecule is CNc1cc2c(C)n(C3CCC(C)CC3)nc2cc1OC. The molecule has 0 amide bonds. The molecule has 21 heavy (non-hydrogen) atoms. The summed E-state index contributed by atoms with van der Waals surface area (Å²) >= 11 is 0. The maximum atomic E-state index is 5.44. The van der Waals surface area contributed by atoms with Crippen molar-refractivity contribution in [2.75, 3.05) is 19.5 Å². The summed E-state index contributed by atoms with van der Waals surface area (Å²) < 4.78 is 7.69. The fourth-order valence-electron chi connectivity index (χ4n) is 3.46. The summed E-state index contributed by atoms with van der Waals surface area (Å²) in [5, 5.41) is 9.27. The van der Waals surface area contributed by atoms with Crippen LogP contribution in [0, 0.1) is 12.8 Å². The highest BCUT2D eigenvalue weighted by atomic mass is 16.5. The smallest absolute Gasteiger partial charge is 0.144 e. The molecule has 1 aliphatic carbocycles. The number of anilines is 1. The minimum atomic E-state index is 0.553. The topological polar surface area (TPSA) is 39.1 Å². The molecule has 0 spiro atoms. The Morgan fingerprint density at radius 1 is 1.24 bits per heavy atom. The van der Waals surface area contributed by atoms with E-state index in [0.29, 0.717) is 6.04 Å². The van der Waals surface area contributed by atoms with Gasteiger partial charge in [-0.3, -0.25) is 4.68 Å². The molecule has 114 valence electrons. The molecule has 0 saturated heterocycles. The van der Waals surface area contributed by atoms with E-state index in [0.717, 1.165) is 22.9 Å². The van der Waals surface area contributed by atoms with Crippen molar-refractivity contribution in [1.29, 1.82) is 0 Å². The van der Waals surface area contributed by atoms with Crippen molar-refractivity contribution < 1.29 is 4.74 Å². The summed E-state index contributed by atoms with van der Waals surface area (Å²) in [7, 11) is 3.63. The first-order valence-corrected chi connectivity index (χ1v) is 7.88. The van der Waals surface area contributed by atoms with E-state index in [1.54, 1.807) is 7.11 Å². The second kappa shape index (κ2) is 5.58. The molecule has 0 bridgehead atoms. The van der Waals surface area contributed by atoms with Gasteiger partial charge in [0.2, 0.25) is 0 Å². The lowest BCUT2D eigenvalue weighted by atomic mass is 9.87. The number of fused-ring (bicyclic) bond motifs is 1. The zero-order valence-electron chi connectivity index (χ0n) is 13.4. The Balaban J connectivity index is 2.03. The molecule has 1 N–H and O–H groups in total. The highest BCUT2D eigenvalue weighted by molar-refractivity contribution is 5.88.